The van der Waals surface area contributed by atoms with Gasteiger partial charge < -0.3 is 10.6 Å². The lowest BCUT2D eigenvalue weighted by molar-refractivity contribution is -0.115. The molecule has 0 aliphatic rings. The van der Waals surface area contributed by atoms with Crippen molar-refractivity contribution < 1.29 is 9.59 Å². The maximum atomic E-state index is 11.9. The van der Waals surface area contributed by atoms with Crippen LogP contribution in [0.15, 0.2) is 24.3 Å². The first-order valence-electron chi connectivity index (χ1n) is 5.76. The molecule has 0 fully saturated rings. The van der Waals surface area contributed by atoms with Crippen LogP contribution in [0.1, 0.15) is 31.1 Å². The molecule has 2 N–H and O–H groups in total. The van der Waals surface area contributed by atoms with Crippen molar-refractivity contribution in [3.8, 4) is 0 Å². The Bertz CT molecular complexity index is 444. The first-order chi connectivity index (χ1) is 8.41. The minimum absolute atomic E-state index is 0.0354. The summed E-state index contributed by atoms with van der Waals surface area (Å²) in [5.41, 5.74) is 0.894. The standard InChI is InChI=1S/C13H17ClN2O2/c1-8(2)15-13(18)10-6-4-5-7-11(10)16-12(17)9(3)14/h4-9H,1-3H3,(H,15,18)(H,16,17)/t9-/m1/s1. The fraction of sp³-hybridized carbons (Fsp3) is 0.385. The molecule has 2 amide bonds. The average Bonchev–Trinajstić information content (AvgIpc) is 2.28. The summed E-state index contributed by atoms with van der Waals surface area (Å²) in [6.07, 6.45) is 0. The van der Waals surface area contributed by atoms with Crippen LogP contribution in [0.2, 0.25) is 0 Å². The molecule has 5 heteroatoms. The monoisotopic (exact) mass is 268 g/mol. The van der Waals surface area contributed by atoms with E-state index in [4.69, 9.17) is 11.6 Å². The van der Waals surface area contributed by atoms with E-state index in [2.05, 4.69) is 10.6 Å². The number of amides is 2. The number of hydrogen-bond acceptors (Lipinski definition) is 2. The van der Waals surface area contributed by atoms with E-state index in [1.165, 1.54) is 0 Å². The Morgan fingerprint density at radius 3 is 2.33 bits per heavy atom. The minimum atomic E-state index is -0.647. The van der Waals surface area contributed by atoms with E-state index in [0.29, 0.717) is 11.3 Å². The van der Waals surface area contributed by atoms with Gasteiger partial charge in [-0.1, -0.05) is 12.1 Å². The molecule has 1 aromatic carbocycles. The molecule has 0 aromatic heterocycles. The van der Waals surface area contributed by atoms with E-state index >= 15 is 0 Å². The molecule has 0 unspecified atom stereocenters. The third kappa shape index (κ3) is 4.04. The van der Waals surface area contributed by atoms with E-state index in [9.17, 15) is 9.59 Å². The summed E-state index contributed by atoms with van der Waals surface area (Å²) in [5, 5.41) is 4.76. The number of halogens is 1. The number of carbonyl (C=O) groups excluding carboxylic acids is 2. The SMILES string of the molecule is CC(C)NC(=O)c1ccccc1NC(=O)[C@@H](C)Cl. The molecule has 0 aliphatic carbocycles. The second kappa shape index (κ2) is 6.40. The fourth-order valence-electron chi connectivity index (χ4n) is 1.36. The summed E-state index contributed by atoms with van der Waals surface area (Å²) in [7, 11) is 0. The largest absolute Gasteiger partial charge is 0.350 e. The van der Waals surface area contributed by atoms with Crippen LogP contribution in [0.4, 0.5) is 5.69 Å². The van der Waals surface area contributed by atoms with Crippen LogP contribution in [0, 0.1) is 0 Å². The highest BCUT2D eigenvalue weighted by molar-refractivity contribution is 6.32. The smallest absolute Gasteiger partial charge is 0.253 e. The lowest BCUT2D eigenvalue weighted by Crippen LogP contribution is -2.31. The quantitative estimate of drug-likeness (QED) is 0.824. The molecule has 98 valence electrons. The van der Waals surface area contributed by atoms with Crippen molar-refractivity contribution in [3.63, 3.8) is 0 Å². The molecule has 0 aliphatic heterocycles. The Kier molecular flexibility index (Phi) is 5.16. The fourth-order valence-corrected chi connectivity index (χ4v) is 1.42. The molecule has 0 heterocycles. The van der Waals surface area contributed by atoms with Gasteiger partial charge in [0.25, 0.3) is 5.91 Å². The normalized spacial score (nSPS) is 12.1. The highest BCUT2D eigenvalue weighted by Gasteiger charge is 2.15. The van der Waals surface area contributed by atoms with Gasteiger partial charge in [0, 0.05) is 6.04 Å². The molecule has 4 nitrogen and oxygen atoms in total. The van der Waals surface area contributed by atoms with Crippen LogP contribution in [0.3, 0.4) is 0 Å². The van der Waals surface area contributed by atoms with Crippen LogP contribution < -0.4 is 10.6 Å². The second-order valence-electron chi connectivity index (χ2n) is 4.28. The van der Waals surface area contributed by atoms with Crippen molar-refractivity contribution in [3.05, 3.63) is 29.8 Å². The Hall–Kier alpha value is -1.55. The minimum Gasteiger partial charge on any atom is -0.350 e. The van der Waals surface area contributed by atoms with Gasteiger partial charge in [0.2, 0.25) is 5.91 Å². The molecule has 1 rings (SSSR count). The Labute approximate surface area is 112 Å². The van der Waals surface area contributed by atoms with Crippen LogP contribution in [0.25, 0.3) is 0 Å². The maximum absolute atomic E-state index is 11.9. The zero-order chi connectivity index (χ0) is 13.7. The number of alkyl halides is 1. The number of benzene rings is 1. The summed E-state index contributed by atoms with van der Waals surface area (Å²) in [5.74, 6) is -0.551. The van der Waals surface area contributed by atoms with E-state index in [1.807, 2.05) is 13.8 Å². The lowest BCUT2D eigenvalue weighted by atomic mass is 10.1. The van der Waals surface area contributed by atoms with Crippen molar-refractivity contribution in [2.45, 2.75) is 32.2 Å². The molecule has 0 saturated heterocycles. The Balaban J connectivity index is 2.92. The maximum Gasteiger partial charge on any atom is 0.253 e. The average molecular weight is 269 g/mol. The van der Waals surface area contributed by atoms with Gasteiger partial charge in [0.05, 0.1) is 11.3 Å². The number of carbonyl (C=O) groups is 2. The molecule has 0 radical (unpaired) electrons. The number of nitrogens with one attached hydrogen (secondary N) is 2. The molecule has 0 bridgehead atoms. The van der Waals surface area contributed by atoms with Gasteiger partial charge in [-0.2, -0.15) is 0 Å². The van der Waals surface area contributed by atoms with Crippen molar-refractivity contribution in [1.82, 2.24) is 5.32 Å². The first-order valence-corrected chi connectivity index (χ1v) is 6.20. The molecule has 1 aromatic rings. The zero-order valence-corrected chi connectivity index (χ0v) is 11.4. The number of para-hydroxylation sites is 1. The summed E-state index contributed by atoms with van der Waals surface area (Å²) in [6.45, 7) is 5.33. The summed E-state index contributed by atoms with van der Waals surface area (Å²) in [6, 6.07) is 6.86. The Morgan fingerprint density at radius 1 is 1.17 bits per heavy atom. The third-order valence-electron chi connectivity index (χ3n) is 2.21. The molecule has 0 saturated carbocycles. The first kappa shape index (κ1) is 14.5. The van der Waals surface area contributed by atoms with Gasteiger partial charge in [0.15, 0.2) is 0 Å². The van der Waals surface area contributed by atoms with Gasteiger partial charge in [-0.3, -0.25) is 9.59 Å². The lowest BCUT2D eigenvalue weighted by Gasteiger charge is -2.13. The molecular formula is C13H17ClN2O2. The van der Waals surface area contributed by atoms with Gasteiger partial charge in [-0.05, 0) is 32.9 Å². The van der Waals surface area contributed by atoms with E-state index in [0.717, 1.165) is 0 Å². The van der Waals surface area contributed by atoms with Crippen molar-refractivity contribution >= 4 is 29.1 Å². The van der Waals surface area contributed by atoms with Gasteiger partial charge >= 0.3 is 0 Å². The predicted molar refractivity (Wildman–Crippen MR) is 73.0 cm³/mol. The molecular weight excluding hydrogens is 252 g/mol. The third-order valence-corrected chi connectivity index (χ3v) is 2.41. The molecule has 0 spiro atoms. The van der Waals surface area contributed by atoms with Gasteiger partial charge in [-0.25, -0.2) is 0 Å². The van der Waals surface area contributed by atoms with Crippen molar-refractivity contribution in [1.29, 1.82) is 0 Å². The van der Waals surface area contributed by atoms with Crippen molar-refractivity contribution in [2.75, 3.05) is 5.32 Å². The number of hydrogen-bond donors (Lipinski definition) is 2. The predicted octanol–water partition coefficient (Wildman–Crippen LogP) is 2.39. The van der Waals surface area contributed by atoms with Gasteiger partial charge in [0.1, 0.15) is 5.38 Å². The highest BCUT2D eigenvalue weighted by Crippen LogP contribution is 2.16. The van der Waals surface area contributed by atoms with Crippen LogP contribution in [0.5, 0.6) is 0 Å². The summed E-state index contributed by atoms with van der Waals surface area (Å²) in [4.78, 5) is 23.5. The summed E-state index contributed by atoms with van der Waals surface area (Å²) < 4.78 is 0. The van der Waals surface area contributed by atoms with E-state index in [1.54, 1.807) is 31.2 Å². The van der Waals surface area contributed by atoms with E-state index in [-0.39, 0.29) is 17.9 Å². The Morgan fingerprint density at radius 2 is 1.78 bits per heavy atom. The molecule has 1 atom stereocenters. The second-order valence-corrected chi connectivity index (χ2v) is 4.93. The topological polar surface area (TPSA) is 58.2 Å². The van der Waals surface area contributed by atoms with Crippen molar-refractivity contribution in [2.24, 2.45) is 0 Å². The molecule has 18 heavy (non-hydrogen) atoms. The number of rotatable bonds is 4. The van der Waals surface area contributed by atoms with Crippen LogP contribution in [-0.4, -0.2) is 23.2 Å². The van der Waals surface area contributed by atoms with E-state index < -0.39 is 5.38 Å². The van der Waals surface area contributed by atoms with Crippen LogP contribution in [-0.2, 0) is 4.79 Å². The summed E-state index contributed by atoms with van der Waals surface area (Å²) >= 11 is 5.68. The highest BCUT2D eigenvalue weighted by atomic mass is 35.5. The van der Waals surface area contributed by atoms with Gasteiger partial charge in [-0.15, -0.1) is 11.6 Å². The number of anilines is 1. The zero-order valence-electron chi connectivity index (χ0n) is 10.7. The van der Waals surface area contributed by atoms with Crippen LogP contribution >= 0.6 is 11.6 Å².